The first-order valence-electron chi connectivity index (χ1n) is 4.74. The van der Waals surface area contributed by atoms with E-state index in [2.05, 4.69) is 16.0 Å². The van der Waals surface area contributed by atoms with Gasteiger partial charge >= 0.3 is 0 Å². The molecular formula is C9H16N4O2. The molecule has 0 aromatic heterocycles. The number of amides is 2. The summed E-state index contributed by atoms with van der Waals surface area (Å²) in [7, 11) is 0. The molecule has 6 heteroatoms. The van der Waals surface area contributed by atoms with Crippen molar-refractivity contribution in [2.45, 2.75) is 39.8 Å². The van der Waals surface area contributed by atoms with Crippen molar-refractivity contribution in [3.05, 3.63) is 0 Å². The standard InChI is InChI=1S/C9H16N4O2/c1-6-5-9(4,12-10-7(2)14)13(11-6)8(3)15/h12H,5H2,1-4H3,(H,10,14)/t9-/m0/s1. The van der Waals surface area contributed by atoms with Gasteiger partial charge in [-0.05, 0) is 13.8 Å². The highest BCUT2D eigenvalue weighted by atomic mass is 16.2. The van der Waals surface area contributed by atoms with Crippen LogP contribution < -0.4 is 10.9 Å². The second-order valence-electron chi connectivity index (χ2n) is 3.92. The van der Waals surface area contributed by atoms with Crippen LogP contribution in [0.1, 0.15) is 34.1 Å². The number of carbonyl (C=O) groups excluding carboxylic acids is 2. The molecule has 84 valence electrons. The van der Waals surface area contributed by atoms with Crippen molar-refractivity contribution in [3.63, 3.8) is 0 Å². The topological polar surface area (TPSA) is 73.8 Å². The summed E-state index contributed by atoms with van der Waals surface area (Å²) in [5.74, 6) is -0.364. The Morgan fingerprint density at radius 3 is 2.53 bits per heavy atom. The van der Waals surface area contributed by atoms with Gasteiger partial charge in [0.1, 0.15) is 5.66 Å². The Kier molecular flexibility index (Phi) is 3.09. The summed E-state index contributed by atoms with van der Waals surface area (Å²) in [6.45, 7) is 6.49. The lowest BCUT2D eigenvalue weighted by atomic mass is 10.1. The molecular weight excluding hydrogens is 196 g/mol. The molecule has 2 amide bonds. The van der Waals surface area contributed by atoms with Gasteiger partial charge in [0.05, 0.1) is 0 Å². The van der Waals surface area contributed by atoms with Gasteiger partial charge in [-0.15, -0.1) is 0 Å². The molecule has 15 heavy (non-hydrogen) atoms. The maximum atomic E-state index is 11.3. The van der Waals surface area contributed by atoms with E-state index >= 15 is 0 Å². The highest BCUT2D eigenvalue weighted by molar-refractivity contribution is 5.88. The molecule has 1 aliphatic heterocycles. The number of hydrogen-bond acceptors (Lipinski definition) is 4. The lowest BCUT2D eigenvalue weighted by molar-refractivity contribution is -0.136. The number of nitrogens with one attached hydrogen (secondary N) is 2. The van der Waals surface area contributed by atoms with Crippen LogP contribution in [0.2, 0.25) is 0 Å². The highest BCUT2D eigenvalue weighted by Gasteiger charge is 2.39. The van der Waals surface area contributed by atoms with E-state index in [0.29, 0.717) is 6.42 Å². The summed E-state index contributed by atoms with van der Waals surface area (Å²) < 4.78 is 0. The van der Waals surface area contributed by atoms with Crippen molar-refractivity contribution in [1.29, 1.82) is 0 Å². The van der Waals surface area contributed by atoms with Crippen LogP contribution in [0.4, 0.5) is 0 Å². The van der Waals surface area contributed by atoms with Crippen molar-refractivity contribution in [2.75, 3.05) is 0 Å². The lowest BCUT2D eigenvalue weighted by Crippen LogP contribution is -2.59. The van der Waals surface area contributed by atoms with Crippen molar-refractivity contribution >= 4 is 17.5 Å². The van der Waals surface area contributed by atoms with E-state index in [0.717, 1.165) is 5.71 Å². The van der Waals surface area contributed by atoms with Gasteiger partial charge in [-0.3, -0.25) is 15.0 Å². The summed E-state index contributed by atoms with van der Waals surface area (Å²) in [6.07, 6.45) is 0.590. The maximum Gasteiger partial charge on any atom is 0.241 e. The second kappa shape index (κ2) is 3.98. The van der Waals surface area contributed by atoms with Crippen LogP contribution in [0, 0.1) is 0 Å². The molecule has 1 heterocycles. The van der Waals surface area contributed by atoms with Crippen LogP contribution in [-0.4, -0.2) is 28.2 Å². The number of carbonyl (C=O) groups is 2. The van der Waals surface area contributed by atoms with Crippen molar-refractivity contribution < 1.29 is 9.59 Å². The molecule has 0 aromatic carbocycles. The van der Waals surface area contributed by atoms with Gasteiger partial charge in [0.15, 0.2) is 0 Å². The fourth-order valence-corrected chi connectivity index (χ4v) is 1.63. The Hall–Kier alpha value is -1.43. The maximum absolute atomic E-state index is 11.3. The molecule has 0 aliphatic carbocycles. The largest absolute Gasteiger partial charge is 0.290 e. The molecule has 6 nitrogen and oxygen atoms in total. The fourth-order valence-electron chi connectivity index (χ4n) is 1.63. The third-order valence-electron chi connectivity index (χ3n) is 2.14. The summed E-state index contributed by atoms with van der Waals surface area (Å²) in [6, 6.07) is 0. The quantitative estimate of drug-likeness (QED) is 0.631. The third kappa shape index (κ3) is 2.53. The first-order chi connectivity index (χ1) is 6.85. The predicted molar refractivity (Wildman–Crippen MR) is 55.6 cm³/mol. The SMILES string of the molecule is CC(=O)NN[C@]1(C)CC(C)=NN1C(C)=O. The first-order valence-corrected chi connectivity index (χ1v) is 4.74. The molecule has 2 N–H and O–H groups in total. The third-order valence-corrected chi connectivity index (χ3v) is 2.14. The van der Waals surface area contributed by atoms with Gasteiger partial charge in [0.2, 0.25) is 11.8 Å². The van der Waals surface area contributed by atoms with Crippen molar-refractivity contribution in [1.82, 2.24) is 15.9 Å². The van der Waals surface area contributed by atoms with Crippen LogP contribution in [0.25, 0.3) is 0 Å². The molecule has 0 saturated heterocycles. The van der Waals surface area contributed by atoms with Crippen LogP contribution in [-0.2, 0) is 9.59 Å². The minimum Gasteiger partial charge on any atom is -0.290 e. The van der Waals surface area contributed by atoms with Crippen LogP contribution in [0.5, 0.6) is 0 Å². The number of hydrazine groups is 1. The van der Waals surface area contributed by atoms with Crippen LogP contribution >= 0.6 is 0 Å². The Morgan fingerprint density at radius 1 is 1.47 bits per heavy atom. The van der Waals surface area contributed by atoms with E-state index in [9.17, 15) is 9.59 Å². The number of hydrazone groups is 1. The number of hydrogen-bond donors (Lipinski definition) is 2. The minimum atomic E-state index is -0.665. The predicted octanol–water partition coefficient (Wildman–Crippen LogP) is -0.0286. The molecule has 1 rings (SSSR count). The first kappa shape index (κ1) is 11.6. The fraction of sp³-hybridized carbons (Fsp3) is 0.667. The Labute approximate surface area is 88.7 Å². The Bertz CT molecular complexity index is 326. The average molecular weight is 212 g/mol. The summed E-state index contributed by atoms with van der Waals surface area (Å²) in [5, 5.41) is 5.45. The van der Waals surface area contributed by atoms with Gasteiger partial charge in [-0.25, -0.2) is 10.4 Å². The van der Waals surface area contributed by atoms with Gasteiger partial charge < -0.3 is 0 Å². The van der Waals surface area contributed by atoms with E-state index in [1.54, 1.807) is 0 Å². The molecule has 0 fully saturated rings. The molecule has 0 saturated carbocycles. The molecule has 1 atom stereocenters. The monoisotopic (exact) mass is 212 g/mol. The van der Waals surface area contributed by atoms with E-state index in [1.807, 2.05) is 13.8 Å². The lowest BCUT2D eigenvalue weighted by Gasteiger charge is -2.32. The zero-order chi connectivity index (χ0) is 11.6. The minimum absolute atomic E-state index is 0.160. The highest BCUT2D eigenvalue weighted by Crippen LogP contribution is 2.23. The molecule has 0 spiro atoms. The van der Waals surface area contributed by atoms with Crippen molar-refractivity contribution in [3.8, 4) is 0 Å². The summed E-state index contributed by atoms with van der Waals surface area (Å²) in [4.78, 5) is 22.1. The zero-order valence-electron chi connectivity index (χ0n) is 9.42. The Balaban J connectivity index is 2.75. The van der Waals surface area contributed by atoms with Crippen LogP contribution in [0.3, 0.4) is 0 Å². The van der Waals surface area contributed by atoms with E-state index in [4.69, 9.17) is 0 Å². The molecule has 0 bridgehead atoms. The van der Waals surface area contributed by atoms with Gasteiger partial charge in [-0.2, -0.15) is 5.10 Å². The van der Waals surface area contributed by atoms with E-state index in [-0.39, 0.29) is 11.8 Å². The smallest absolute Gasteiger partial charge is 0.241 e. The van der Waals surface area contributed by atoms with E-state index < -0.39 is 5.66 Å². The van der Waals surface area contributed by atoms with E-state index in [1.165, 1.54) is 18.9 Å². The van der Waals surface area contributed by atoms with Gasteiger partial charge in [-0.1, -0.05) is 0 Å². The zero-order valence-corrected chi connectivity index (χ0v) is 9.42. The van der Waals surface area contributed by atoms with Crippen LogP contribution in [0.15, 0.2) is 5.10 Å². The molecule has 0 radical (unpaired) electrons. The molecule has 1 aliphatic rings. The Morgan fingerprint density at radius 2 is 2.07 bits per heavy atom. The van der Waals surface area contributed by atoms with Gasteiger partial charge in [0, 0.05) is 26.0 Å². The molecule has 0 unspecified atom stereocenters. The molecule has 0 aromatic rings. The van der Waals surface area contributed by atoms with Crippen molar-refractivity contribution in [2.24, 2.45) is 5.10 Å². The summed E-state index contributed by atoms with van der Waals surface area (Å²) in [5.41, 5.74) is 5.47. The van der Waals surface area contributed by atoms with Gasteiger partial charge in [0.25, 0.3) is 0 Å². The number of rotatable bonds is 2. The normalized spacial score (nSPS) is 25.1. The average Bonchev–Trinajstić information content (AvgIpc) is 2.39. The summed E-state index contributed by atoms with van der Waals surface area (Å²) >= 11 is 0. The second-order valence-corrected chi connectivity index (χ2v) is 3.92. The number of nitrogens with zero attached hydrogens (tertiary/aromatic N) is 2.